The molecule has 0 bridgehead atoms. The maximum atomic E-state index is 12.0. The molecule has 0 unspecified atom stereocenters. The van der Waals surface area contributed by atoms with Crippen molar-refractivity contribution in [3.05, 3.63) is 23.8 Å². The van der Waals surface area contributed by atoms with Gasteiger partial charge in [-0.2, -0.15) is 0 Å². The Balaban J connectivity index is 1.51. The summed E-state index contributed by atoms with van der Waals surface area (Å²) in [7, 11) is -3.07. The third-order valence-electron chi connectivity index (χ3n) is 3.71. The molecule has 1 saturated heterocycles. The number of carbonyl (C=O) groups is 2. The van der Waals surface area contributed by atoms with Gasteiger partial charge in [0.15, 0.2) is 27.9 Å². The first-order chi connectivity index (χ1) is 11.4. The number of hydrogen-bond acceptors (Lipinski definition) is 7. The largest absolute Gasteiger partial charge is 0.486 e. The van der Waals surface area contributed by atoms with Crippen molar-refractivity contribution in [2.24, 2.45) is 0 Å². The van der Waals surface area contributed by atoms with Crippen molar-refractivity contribution in [3.63, 3.8) is 0 Å². The first-order valence-electron chi connectivity index (χ1n) is 7.49. The average molecular weight is 355 g/mol. The second-order valence-corrected chi connectivity index (χ2v) is 7.83. The number of fused-ring (bicyclic) bond motifs is 1. The van der Waals surface area contributed by atoms with E-state index in [-0.39, 0.29) is 17.1 Å². The van der Waals surface area contributed by atoms with E-state index in [0.717, 1.165) is 0 Å². The Morgan fingerprint density at radius 1 is 1.21 bits per heavy atom. The van der Waals surface area contributed by atoms with E-state index in [0.29, 0.717) is 31.1 Å². The van der Waals surface area contributed by atoms with Crippen LogP contribution in [0, 0.1) is 0 Å². The Morgan fingerprint density at radius 2 is 1.96 bits per heavy atom. The second kappa shape index (κ2) is 6.68. The van der Waals surface area contributed by atoms with Crippen LogP contribution in [-0.2, 0) is 19.4 Å². The fourth-order valence-electron chi connectivity index (χ4n) is 2.56. The van der Waals surface area contributed by atoms with E-state index in [1.54, 1.807) is 6.07 Å². The van der Waals surface area contributed by atoms with Crippen LogP contribution in [0.25, 0.3) is 0 Å². The SMILES string of the molecule is O=C(COC(=O)c1ccc2c(c1)OCCO2)N[C@H]1CCS(=O)(=O)C1. The molecule has 3 rings (SSSR count). The monoisotopic (exact) mass is 355 g/mol. The Hall–Kier alpha value is -2.29. The van der Waals surface area contributed by atoms with Gasteiger partial charge in [-0.25, -0.2) is 13.2 Å². The van der Waals surface area contributed by atoms with Gasteiger partial charge in [-0.3, -0.25) is 4.79 Å². The summed E-state index contributed by atoms with van der Waals surface area (Å²) in [6.45, 7) is 0.385. The van der Waals surface area contributed by atoms with Crippen molar-refractivity contribution < 1.29 is 32.2 Å². The maximum absolute atomic E-state index is 12.0. The standard InChI is InChI=1S/C15H17NO7S/c17-14(16-11-3-6-24(19,20)9-11)8-23-15(18)10-1-2-12-13(7-10)22-5-4-21-12/h1-2,7,11H,3-6,8-9H2,(H,16,17)/t11-/m0/s1. The lowest BCUT2D eigenvalue weighted by atomic mass is 10.2. The molecule has 1 aromatic carbocycles. The summed E-state index contributed by atoms with van der Waals surface area (Å²) in [6, 6.07) is 4.21. The van der Waals surface area contributed by atoms with E-state index in [2.05, 4.69) is 5.32 Å². The summed E-state index contributed by atoms with van der Waals surface area (Å²) in [6.07, 6.45) is 0.379. The fourth-order valence-corrected chi connectivity index (χ4v) is 4.24. The number of carbonyl (C=O) groups excluding carboxylic acids is 2. The first kappa shape index (κ1) is 16.6. The molecule has 130 valence electrons. The highest BCUT2D eigenvalue weighted by molar-refractivity contribution is 7.91. The number of sulfone groups is 1. The van der Waals surface area contributed by atoms with Crippen molar-refractivity contribution in [2.45, 2.75) is 12.5 Å². The summed E-state index contributed by atoms with van der Waals surface area (Å²) in [5.41, 5.74) is 0.246. The van der Waals surface area contributed by atoms with Gasteiger partial charge in [0.05, 0.1) is 17.1 Å². The van der Waals surface area contributed by atoms with Crippen molar-refractivity contribution in [1.29, 1.82) is 0 Å². The molecule has 9 heteroatoms. The molecule has 0 radical (unpaired) electrons. The van der Waals surface area contributed by atoms with Crippen LogP contribution < -0.4 is 14.8 Å². The lowest BCUT2D eigenvalue weighted by Gasteiger charge is -2.18. The maximum Gasteiger partial charge on any atom is 0.338 e. The molecular weight excluding hydrogens is 338 g/mol. The molecule has 1 N–H and O–H groups in total. The van der Waals surface area contributed by atoms with Crippen LogP contribution in [0.3, 0.4) is 0 Å². The predicted molar refractivity (Wildman–Crippen MR) is 82.9 cm³/mol. The van der Waals surface area contributed by atoms with E-state index >= 15 is 0 Å². The van der Waals surface area contributed by atoms with E-state index in [4.69, 9.17) is 14.2 Å². The molecule has 1 amide bonds. The molecule has 2 heterocycles. The van der Waals surface area contributed by atoms with Crippen LogP contribution >= 0.6 is 0 Å². The van der Waals surface area contributed by atoms with Crippen molar-refractivity contribution in [2.75, 3.05) is 31.3 Å². The van der Waals surface area contributed by atoms with Crippen LogP contribution in [-0.4, -0.2) is 57.7 Å². The summed E-state index contributed by atoms with van der Waals surface area (Å²) < 4.78 is 38.3. The van der Waals surface area contributed by atoms with Gasteiger partial charge < -0.3 is 19.5 Å². The summed E-state index contributed by atoms with van der Waals surface area (Å²) in [5.74, 6) is -0.192. The molecule has 2 aliphatic heterocycles. The van der Waals surface area contributed by atoms with Crippen molar-refractivity contribution in [3.8, 4) is 11.5 Å². The summed E-state index contributed by atoms with van der Waals surface area (Å²) in [4.78, 5) is 23.7. The number of esters is 1. The highest BCUT2D eigenvalue weighted by Gasteiger charge is 2.29. The zero-order valence-electron chi connectivity index (χ0n) is 12.8. The number of nitrogens with one attached hydrogen (secondary N) is 1. The van der Waals surface area contributed by atoms with Gasteiger partial charge in [0.25, 0.3) is 5.91 Å². The van der Waals surface area contributed by atoms with Gasteiger partial charge >= 0.3 is 5.97 Å². The number of hydrogen-bond donors (Lipinski definition) is 1. The molecule has 0 aliphatic carbocycles. The van der Waals surface area contributed by atoms with Crippen LogP contribution in [0.5, 0.6) is 11.5 Å². The minimum absolute atomic E-state index is 0.0644. The summed E-state index contributed by atoms with van der Waals surface area (Å²) in [5, 5.41) is 2.55. The van der Waals surface area contributed by atoms with Crippen LogP contribution in [0.2, 0.25) is 0 Å². The third-order valence-corrected chi connectivity index (χ3v) is 5.48. The number of benzene rings is 1. The molecule has 24 heavy (non-hydrogen) atoms. The quantitative estimate of drug-likeness (QED) is 0.753. The van der Waals surface area contributed by atoms with E-state index in [9.17, 15) is 18.0 Å². The molecule has 0 saturated carbocycles. The molecule has 8 nitrogen and oxygen atoms in total. The normalized spacial score (nSPS) is 21.1. The van der Waals surface area contributed by atoms with Crippen LogP contribution in [0.4, 0.5) is 0 Å². The fraction of sp³-hybridized carbons (Fsp3) is 0.467. The first-order valence-corrected chi connectivity index (χ1v) is 9.32. The Labute approximate surface area is 139 Å². The number of rotatable bonds is 4. The average Bonchev–Trinajstić information content (AvgIpc) is 2.90. The van der Waals surface area contributed by atoms with Gasteiger partial charge in [0, 0.05) is 6.04 Å². The molecule has 1 atom stereocenters. The summed E-state index contributed by atoms with van der Waals surface area (Å²) >= 11 is 0. The van der Waals surface area contributed by atoms with Gasteiger partial charge in [-0.15, -0.1) is 0 Å². The molecular formula is C15H17NO7S. The number of amides is 1. The minimum Gasteiger partial charge on any atom is -0.486 e. The zero-order valence-corrected chi connectivity index (χ0v) is 13.6. The molecule has 0 spiro atoms. The Morgan fingerprint density at radius 3 is 2.67 bits per heavy atom. The highest BCUT2D eigenvalue weighted by atomic mass is 32.2. The van der Waals surface area contributed by atoms with Gasteiger partial charge in [-0.05, 0) is 24.6 Å². The van der Waals surface area contributed by atoms with Gasteiger partial charge in [0.2, 0.25) is 0 Å². The Bertz CT molecular complexity index is 759. The van der Waals surface area contributed by atoms with Crippen LogP contribution in [0.15, 0.2) is 18.2 Å². The molecule has 1 aromatic rings. The zero-order chi connectivity index (χ0) is 17.2. The van der Waals surface area contributed by atoms with E-state index < -0.39 is 34.4 Å². The van der Waals surface area contributed by atoms with Gasteiger partial charge in [0.1, 0.15) is 13.2 Å². The highest BCUT2D eigenvalue weighted by Crippen LogP contribution is 2.30. The van der Waals surface area contributed by atoms with Crippen LogP contribution in [0.1, 0.15) is 16.8 Å². The number of ether oxygens (including phenoxy) is 3. The second-order valence-electron chi connectivity index (χ2n) is 5.60. The lowest BCUT2D eigenvalue weighted by Crippen LogP contribution is -2.38. The van der Waals surface area contributed by atoms with Gasteiger partial charge in [-0.1, -0.05) is 0 Å². The minimum atomic E-state index is -3.07. The lowest BCUT2D eigenvalue weighted by molar-refractivity contribution is -0.124. The smallest absolute Gasteiger partial charge is 0.338 e. The van der Waals surface area contributed by atoms with Crippen molar-refractivity contribution in [1.82, 2.24) is 5.32 Å². The predicted octanol–water partition coefficient (Wildman–Crippen LogP) is -0.0821. The third kappa shape index (κ3) is 3.97. The van der Waals surface area contributed by atoms with Crippen molar-refractivity contribution >= 4 is 21.7 Å². The molecule has 0 aromatic heterocycles. The Kier molecular flexibility index (Phi) is 4.61. The topological polar surface area (TPSA) is 108 Å². The van der Waals surface area contributed by atoms with E-state index in [1.807, 2.05) is 0 Å². The van der Waals surface area contributed by atoms with E-state index in [1.165, 1.54) is 12.1 Å². The molecule has 2 aliphatic rings. The molecule has 1 fully saturated rings.